The first-order chi connectivity index (χ1) is 10.1. The molecule has 0 radical (unpaired) electrons. The highest BCUT2D eigenvalue weighted by atomic mass is 16.2. The van der Waals surface area contributed by atoms with Crippen molar-refractivity contribution in [3.05, 3.63) is 35.4 Å². The fourth-order valence-electron chi connectivity index (χ4n) is 3.48. The second kappa shape index (κ2) is 5.80. The van der Waals surface area contributed by atoms with E-state index in [1.54, 1.807) is 0 Å². The van der Waals surface area contributed by atoms with Gasteiger partial charge in [0.15, 0.2) is 0 Å². The molecule has 2 fully saturated rings. The summed E-state index contributed by atoms with van der Waals surface area (Å²) in [4.78, 5) is 14.9. The zero-order valence-electron chi connectivity index (χ0n) is 13.3. The van der Waals surface area contributed by atoms with Gasteiger partial charge in [0.05, 0.1) is 6.04 Å². The fourth-order valence-corrected chi connectivity index (χ4v) is 3.48. The van der Waals surface area contributed by atoms with E-state index in [2.05, 4.69) is 55.3 Å². The van der Waals surface area contributed by atoms with Crippen LogP contribution in [0.5, 0.6) is 0 Å². The van der Waals surface area contributed by atoms with Crippen molar-refractivity contribution in [2.75, 3.05) is 0 Å². The Labute approximate surface area is 127 Å². The van der Waals surface area contributed by atoms with Crippen LogP contribution < -0.4 is 5.32 Å². The van der Waals surface area contributed by atoms with E-state index in [9.17, 15) is 4.79 Å². The monoisotopic (exact) mass is 286 g/mol. The van der Waals surface area contributed by atoms with Gasteiger partial charge in [-0.25, -0.2) is 0 Å². The Kier molecular flexibility index (Phi) is 4.03. The summed E-state index contributed by atoms with van der Waals surface area (Å²) in [6.07, 6.45) is 4.54. The van der Waals surface area contributed by atoms with E-state index in [0.717, 1.165) is 12.8 Å². The number of benzene rings is 1. The van der Waals surface area contributed by atoms with Crippen molar-refractivity contribution in [2.24, 2.45) is 5.92 Å². The topological polar surface area (TPSA) is 32.3 Å². The van der Waals surface area contributed by atoms with E-state index in [1.165, 1.54) is 24.0 Å². The Morgan fingerprint density at radius 3 is 2.76 bits per heavy atom. The van der Waals surface area contributed by atoms with Gasteiger partial charge in [-0.2, -0.15) is 0 Å². The molecule has 3 heteroatoms. The van der Waals surface area contributed by atoms with Crippen molar-refractivity contribution in [2.45, 2.75) is 64.7 Å². The first kappa shape index (κ1) is 14.6. The summed E-state index contributed by atoms with van der Waals surface area (Å²) in [5.74, 6) is 0.992. The second-order valence-electron chi connectivity index (χ2n) is 6.65. The molecule has 1 aromatic carbocycles. The molecule has 1 saturated carbocycles. The largest absolute Gasteiger partial charge is 0.319 e. The molecule has 3 unspecified atom stereocenters. The van der Waals surface area contributed by atoms with Gasteiger partial charge in [0.25, 0.3) is 0 Å². The molecule has 1 saturated heterocycles. The number of hydrogen-bond donors (Lipinski definition) is 1. The Hall–Kier alpha value is -1.35. The van der Waals surface area contributed by atoms with Crippen LogP contribution in [0.2, 0.25) is 0 Å². The highest BCUT2D eigenvalue weighted by molar-refractivity contribution is 5.85. The standard InChI is InChI=1S/C18H26N2O/c1-4-6-16-18(21)20(13(3)14-9-10-14)17(19-16)15-8-5-7-12(2)11-15/h5,7-8,11,13-14,16-17,19H,4,6,9-10H2,1-3H3. The van der Waals surface area contributed by atoms with Crippen LogP contribution in [-0.2, 0) is 4.79 Å². The predicted molar refractivity (Wildman–Crippen MR) is 84.8 cm³/mol. The summed E-state index contributed by atoms with van der Waals surface area (Å²) >= 11 is 0. The lowest BCUT2D eigenvalue weighted by Crippen LogP contribution is -2.39. The number of rotatable bonds is 5. The van der Waals surface area contributed by atoms with Crippen LogP contribution in [0.4, 0.5) is 0 Å². The first-order valence-corrected chi connectivity index (χ1v) is 8.26. The smallest absolute Gasteiger partial charge is 0.241 e. The molecule has 0 aromatic heterocycles. The quantitative estimate of drug-likeness (QED) is 0.900. The summed E-state index contributed by atoms with van der Waals surface area (Å²) < 4.78 is 0. The van der Waals surface area contributed by atoms with Crippen LogP contribution >= 0.6 is 0 Å². The Morgan fingerprint density at radius 1 is 1.38 bits per heavy atom. The van der Waals surface area contributed by atoms with Crippen molar-refractivity contribution in [1.29, 1.82) is 0 Å². The first-order valence-electron chi connectivity index (χ1n) is 8.26. The molecule has 3 atom stereocenters. The Morgan fingerprint density at radius 2 is 2.14 bits per heavy atom. The molecule has 2 aliphatic rings. The number of aryl methyl sites for hydroxylation is 1. The van der Waals surface area contributed by atoms with Gasteiger partial charge in [0.1, 0.15) is 6.17 Å². The number of carbonyl (C=O) groups is 1. The van der Waals surface area contributed by atoms with E-state index in [4.69, 9.17) is 0 Å². The van der Waals surface area contributed by atoms with Crippen molar-refractivity contribution < 1.29 is 4.79 Å². The molecule has 1 aliphatic heterocycles. The summed E-state index contributed by atoms with van der Waals surface area (Å²) in [6, 6.07) is 8.87. The lowest BCUT2D eigenvalue weighted by atomic mass is 10.1. The highest BCUT2D eigenvalue weighted by Crippen LogP contribution is 2.40. The number of hydrogen-bond acceptors (Lipinski definition) is 2. The van der Waals surface area contributed by atoms with Crippen LogP contribution in [0.15, 0.2) is 24.3 Å². The number of nitrogens with zero attached hydrogens (tertiary/aromatic N) is 1. The fraction of sp³-hybridized carbons (Fsp3) is 0.611. The zero-order chi connectivity index (χ0) is 15.0. The van der Waals surface area contributed by atoms with E-state index in [-0.39, 0.29) is 12.2 Å². The highest BCUT2D eigenvalue weighted by Gasteiger charge is 2.45. The molecule has 1 aliphatic carbocycles. The molecule has 114 valence electrons. The summed E-state index contributed by atoms with van der Waals surface area (Å²) in [5, 5.41) is 3.58. The minimum absolute atomic E-state index is 0.0123. The van der Waals surface area contributed by atoms with Crippen LogP contribution in [0.1, 0.15) is 56.8 Å². The molecular weight excluding hydrogens is 260 g/mol. The lowest BCUT2D eigenvalue weighted by Gasteiger charge is -2.31. The second-order valence-corrected chi connectivity index (χ2v) is 6.65. The number of nitrogens with one attached hydrogen (secondary N) is 1. The predicted octanol–water partition coefficient (Wildman–Crippen LogP) is 3.39. The number of amides is 1. The molecule has 0 bridgehead atoms. The molecule has 3 nitrogen and oxygen atoms in total. The zero-order valence-corrected chi connectivity index (χ0v) is 13.3. The van der Waals surface area contributed by atoms with E-state index in [0.29, 0.717) is 17.9 Å². The van der Waals surface area contributed by atoms with Crippen molar-refractivity contribution in [3.63, 3.8) is 0 Å². The Bertz CT molecular complexity index is 524. The third kappa shape index (κ3) is 2.84. The summed E-state index contributed by atoms with van der Waals surface area (Å²) in [6.45, 7) is 6.47. The molecule has 1 heterocycles. The van der Waals surface area contributed by atoms with Crippen LogP contribution in [0.3, 0.4) is 0 Å². The molecular formula is C18H26N2O. The van der Waals surface area contributed by atoms with Gasteiger partial charge in [-0.15, -0.1) is 0 Å². The summed E-state index contributed by atoms with van der Waals surface area (Å²) in [5.41, 5.74) is 2.47. The van der Waals surface area contributed by atoms with Crippen LogP contribution in [0, 0.1) is 12.8 Å². The molecule has 21 heavy (non-hydrogen) atoms. The lowest BCUT2D eigenvalue weighted by molar-refractivity contribution is -0.132. The van der Waals surface area contributed by atoms with Gasteiger partial charge >= 0.3 is 0 Å². The van der Waals surface area contributed by atoms with Gasteiger partial charge < -0.3 is 4.90 Å². The minimum atomic E-state index is -0.0123. The van der Waals surface area contributed by atoms with Crippen molar-refractivity contribution in [3.8, 4) is 0 Å². The van der Waals surface area contributed by atoms with Gasteiger partial charge in [-0.3, -0.25) is 10.1 Å². The van der Waals surface area contributed by atoms with E-state index in [1.807, 2.05) is 0 Å². The molecule has 3 rings (SSSR count). The average molecular weight is 286 g/mol. The van der Waals surface area contributed by atoms with Gasteiger partial charge in [0.2, 0.25) is 5.91 Å². The normalized spacial score (nSPS) is 27.2. The number of carbonyl (C=O) groups excluding carboxylic acids is 1. The molecule has 1 N–H and O–H groups in total. The van der Waals surface area contributed by atoms with Gasteiger partial charge in [0, 0.05) is 6.04 Å². The maximum absolute atomic E-state index is 12.8. The molecule has 1 amide bonds. The van der Waals surface area contributed by atoms with Crippen molar-refractivity contribution >= 4 is 5.91 Å². The average Bonchev–Trinajstić information content (AvgIpc) is 3.25. The van der Waals surface area contributed by atoms with E-state index >= 15 is 0 Å². The molecule has 1 aromatic rings. The maximum atomic E-state index is 12.8. The third-order valence-electron chi connectivity index (χ3n) is 4.87. The van der Waals surface area contributed by atoms with Crippen LogP contribution in [-0.4, -0.2) is 22.9 Å². The molecule has 0 spiro atoms. The third-order valence-corrected chi connectivity index (χ3v) is 4.87. The van der Waals surface area contributed by atoms with E-state index < -0.39 is 0 Å². The maximum Gasteiger partial charge on any atom is 0.241 e. The van der Waals surface area contributed by atoms with Gasteiger partial charge in [-0.05, 0) is 44.6 Å². The summed E-state index contributed by atoms with van der Waals surface area (Å²) in [7, 11) is 0. The SMILES string of the molecule is CCCC1NC(c2cccc(C)c2)N(C(C)C2CC2)C1=O. The van der Waals surface area contributed by atoms with Crippen molar-refractivity contribution in [1.82, 2.24) is 10.2 Å². The minimum Gasteiger partial charge on any atom is -0.319 e. The van der Waals surface area contributed by atoms with Gasteiger partial charge in [-0.1, -0.05) is 43.2 Å². The Balaban J connectivity index is 1.89. The van der Waals surface area contributed by atoms with Crippen LogP contribution in [0.25, 0.3) is 0 Å².